The van der Waals surface area contributed by atoms with Crippen LogP contribution in [0.15, 0.2) is 36.4 Å². The smallest absolute Gasteiger partial charge is 0.188 e. The fourth-order valence-electron chi connectivity index (χ4n) is 3.74. The van der Waals surface area contributed by atoms with Crippen LogP contribution in [-0.4, -0.2) is 21.0 Å². The van der Waals surface area contributed by atoms with Crippen LogP contribution in [0.5, 0.6) is 5.75 Å². The van der Waals surface area contributed by atoms with E-state index in [0.29, 0.717) is 8.58 Å². The van der Waals surface area contributed by atoms with Gasteiger partial charge in [0, 0.05) is 24.4 Å². The van der Waals surface area contributed by atoms with Gasteiger partial charge in [0.05, 0.1) is 0 Å². The molecule has 0 fully saturated rings. The summed E-state index contributed by atoms with van der Waals surface area (Å²) >= 11 is 0. The first-order valence-corrected chi connectivity index (χ1v) is 10.8. The number of methoxy groups -OCH3 is 1. The zero-order chi connectivity index (χ0) is 19.9. The van der Waals surface area contributed by atoms with Gasteiger partial charge in [-0.05, 0) is 50.2 Å². The zero-order valence-corrected chi connectivity index (χ0v) is 18.6. The van der Waals surface area contributed by atoms with Gasteiger partial charge in [-0.3, -0.25) is 0 Å². The molecule has 1 atom stereocenters. The normalized spacial score (nSPS) is 12.1. The van der Waals surface area contributed by atoms with Crippen LogP contribution in [0, 0.1) is 13.8 Å². The van der Waals surface area contributed by atoms with E-state index in [9.17, 15) is 0 Å². The van der Waals surface area contributed by atoms with Crippen LogP contribution >= 0.6 is 8.58 Å². The van der Waals surface area contributed by atoms with E-state index >= 15 is 0 Å². The van der Waals surface area contributed by atoms with E-state index in [1.54, 1.807) is 7.11 Å². The van der Waals surface area contributed by atoms with Crippen molar-refractivity contribution in [2.75, 3.05) is 21.0 Å². The van der Waals surface area contributed by atoms with Gasteiger partial charge >= 0.3 is 0 Å². The molecule has 148 valence electrons. The van der Waals surface area contributed by atoms with Crippen molar-refractivity contribution in [2.24, 2.45) is 0 Å². The van der Waals surface area contributed by atoms with Crippen LogP contribution in [0.3, 0.4) is 0 Å². The SMILES string of the molecule is CCC(CC)(Pc1ccccc1CNC)c1cc(C)cc(C)c1OCOC. The molecule has 0 bridgehead atoms. The fraction of sp³-hybridized carbons (Fsp3) is 0.478. The van der Waals surface area contributed by atoms with E-state index in [4.69, 9.17) is 9.47 Å². The van der Waals surface area contributed by atoms with Crippen LogP contribution < -0.4 is 15.4 Å². The van der Waals surface area contributed by atoms with Crippen molar-refractivity contribution >= 4 is 13.9 Å². The molecule has 0 heterocycles. The second-order valence-electron chi connectivity index (χ2n) is 7.11. The van der Waals surface area contributed by atoms with Gasteiger partial charge in [0.15, 0.2) is 6.79 Å². The molecule has 0 amide bonds. The molecule has 0 saturated heterocycles. The Morgan fingerprint density at radius 2 is 1.78 bits per heavy atom. The Hall–Kier alpha value is -1.41. The summed E-state index contributed by atoms with van der Waals surface area (Å²) in [7, 11) is 4.37. The van der Waals surface area contributed by atoms with E-state index in [-0.39, 0.29) is 11.9 Å². The summed E-state index contributed by atoms with van der Waals surface area (Å²) in [5.74, 6) is 0.991. The van der Waals surface area contributed by atoms with Gasteiger partial charge in [0.2, 0.25) is 0 Å². The fourth-order valence-corrected chi connectivity index (χ4v) is 5.44. The lowest BCUT2D eigenvalue weighted by molar-refractivity contribution is 0.0494. The minimum atomic E-state index is 0.0592. The third-order valence-electron chi connectivity index (χ3n) is 5.22. The monoisotopic (exact) mass is 387 g/mol. The molecule has 27 heavy (non-hydrogen) atoms. The standard InChI is InChI=1S/C23H34NO2P/c1-7-23(8-2,27-21-12-10-9-11-19(21)15-24-5)20-14-17(3)13-18(4)22(20)26-16-25-6/h9-14,24,27H,7-8,15-16H2,1-6H3. The highest BCUT2D eigenvalue weighted by Gasteiger charge is 2.33. The maximum absolute atomic E-state index is 6.07. The topological polar surface area (TPSA) is 30.5 Å². The summed E-state index contributed by atoms with van der Waals surface area (Å²) < 4.78 is 11.3. The number of hydrogen-bond donors (Lipinski definition) is 1. The lowest BCUT2D eigenvalue weighted by Gasteiger charge is -2.35. The molecule has 0 aliphatic rings. The van der Waals surface area contributed by atoms with Crippen molar-refractivity contribution in [2.45, 2.75) is 52.2 Å². The highest BCUT2D eigenvalue weighted by molar-refractivity contribution is 7.48. The first-order chi connectivity index (χ1) is 13.0. The molecule has 0 aromatic heterocycles. The van der Waals surface area contributed by atoms with Crippen LogP contribution in [0.4, 0.5) is 0 Å². The number of hydrogen-bond acceptors (Lipinski definition) is 3. The summed E-state index contributed by atoms with van der Waals surface area (Å²) in [5.41, 5.74) is 5.17. The molecular formula is C23H34NO2P. The molecule has 2 aromatic carbocycles. The molecule has 1 N–H and O–H groups in total. The Morgan fingerprint density at radius 1 is 1.07 bits per heavy atom. The van der Waals surface area contributed by atoms with E-state index in [0.717, 1.165) is 25.1 Å². The maximum atomic E-state index is 6.07. The van der Waals surface area contributed by atoms with Crippen molar-refractivity contribution < 1.29 is 9.47 Å². The van der Waals surface area contributed by atoms with Gasteiger partial charge in [-0.25, -0.2) is 0 Å². The van der Waals surface area contributed by atoms with Crippen LogP contribution in [-0.2, 0) is 16.4 Å². The average molecular weight is 388 g/mol. The largest absolute Gasteiger partial charge is 0.467 e. The van der Waals surface area contributed by atoms with Crippen molar-refractivity contribution in [3.63, 3.8) is 0 Å². The quantitative estimate of drug-likeness (QED) is 0.458. The number of benzene rings is 2. The van der Waals surface area contributed by atoms with Gasteiger partial charge in [0.1, 0.15) is 5.75 Å². The van der Waals surface area contributed by atoms with E-state index in [1.165, 1.54) is 27.6 Å². The molecule has 0 aliphatic heterocycles. The first kappa shape index (κ1) is 21.9. The maximum Gasteiger partial charge on any atom is 0.188 e. The predicted octanol–water partition coefficient (Wildman–Crippen LogP) is 5.02. The number of rotatable bonds is 10. The number of ether oxygens (including phenoxy) is 2. The Morgan fingerprint density at radius 3 is 2.41 bits per heavy atom. The van der Waals surface area contributed by atoms with Crippen LogP contribution in [0.25, 0.3) is 0 Å². The molecule has 0 aliphatic carbocycles. The average Bonchev–Trinajstić information content (AvgIpc) is 2.66. The Kier molecular flexibility index (Phi) is 8.28. The number of aryl methyl sites for hydroxylation is 2. The summed E-state index contributed by atoms with van der Waals surface area (Å²) in [6.07, 6.45) is 2.14. The molecule has 1 unspecified atom stereocenters. The van der Waals surface area contributed by atoms with Crippen molar-refractivity contribution in [1.82, 2.24) is 5.32 Å². The third kappa shape index (κ3) is 5.10. The Labute approximate surface area is 166 Å². The molecule has 2 rings (SSSR count). The summed E-state index contributed by atoms with van der Waals surface area (Å²) in [4.78, 5) is 0. The molecule has 4 heteroatoms. The van der Waals surface area contributed by atoms with E-state index < -0.39 is 0 Å². The Bertz CT molecular complexity index is 741. The highest BCUT2D eigenvalue weighted by atomic mass is 31.1. The lowest BCUT2D eigenvalue weighted by Crippen LogP contribution is -2.25. The molecule has 2 aromatic rings. The second kappa shape index (κ2) is 10.2. The van der Waals surface area contributed by atoms with Crippen molar-refractivity contribution in [3.05, 3.63) is 58.7 Å². The van der Waals surface area contributed by atoms with Gasteiger partial charge in [-0.1, -0.05) is 64.4 Å². The second-order valence-corrected chi connectivity index (χ2v) is 8.86. The molecule has 0 radical (unpaired) electrons. The Balaban J connectivity index is 2.56. The van der Waals surface area contributed by atoms with Gasteiger partial charge < -0.3 is 14.8 Å². The molecule has 0 saturated carbocycles. The summed E-state index contributed by atoms with van der Waals surface area (Å²) in [6.45, 7) is 10.1. The third-order valence-corrected chi connectivity index (χ3v) is 7.43. The van der Waals surface area contributed by atoms with E-state index in [2.05, 4.69) is 69.4 Å². The minimum absolute atomic E-state index is 0.0592. The molecule has 0 spiro atoms. The number of nitrogens with one attached hydrogen (secondary N) is 1. The highest BCUT2D eigenvalue weighted by Crippen LogP contribution is 2.51. The van der Waals surface area contributed by atoms with Crippen molar-refractivity contribution in [3.8, 4) is 5.75 Å². The van der Waals surface area contributed by atoms with Crippen LogP contribution in [0.2, 0.25) is 0 Å². The summed E-state index contributed by atoms with van der Waals surface area (Å²) in [5, 5.41) is 4.80. The van der Waals surface area contributed by atoms with Crippen LogP contribution in [0.1, 0.15) is 48.9 Å². The summed E-state index contributed by atoms with van der Waals surface area (Å²) in [6, 6.07) is 13.3. The van der Waals surface area contributed by atoms with Crippen molar-refractivity contribution in [1.29, 1.82) is 0 Å². The molecule has 3 nitrogen and oxygen atoms in total. The zero-order valence-electron chi connectivity index (χ0n) is 17.6. The van der Waals surface area contributed by atoms with Gasteiger partial charge in [0.25, 0.3) is 0 Å². The predicted molar refractivity (Wildman–Crippen MR) is 118 cm³/mol. The van der Waals surface area contributed by atoms with E-state index in [1.807, 2.05) is 7.05 Å². The lowest BCUT2D eigenvalue weighted by atomic mass is 9.89. The van der Waals surface area contributed by atoms with Gasteiger partial charge in [-0.15, -0.1) is 0 Å². The first-order valence-electron chi connectivity index (χ1n) is 9.75. The molecular weight excluding hydrogens is 353 g/mol. The van der Waals surface area contributed by atoms with Gasteiger partial charge in [-0.2, -0.15) is 0 Å². The minimum Gasteiger partial charge on any atom is -0.467 e.